The van der Waals surface area contributed by atoms with Crippen LogP contribution >= 0.6 is 39.5 Å². The van der Waals surface area contributed by atoms with Crippen LogP contribution in [0, 0.1) is 23.2 Å². The number of nitrogens with zero attached hydrogens (tertiary/aromatic N) is 1. The summed E-state index contributed by atoms with van der Waals surface area (Å²) in [4.78, 5) is 0. The quantitative estimate of drug-likeness (QED) is 0.511. The fraction of sp³-hybridized carbons (Fsp3) is 0.435. The standard InChI is InChI=1S/C23H24BrNS2/c24-18-8-10-19-17(14-18)7-9-20(22(19)15-25)21(23-26-11-4-12-27-23)13-16-5-2-1-3-6-16/h1-3,5-6,8,10,14,20-23H,4,7,9,11-13H2. The third-order valence-electron chi connectivity index (χ3n) is 5.82. The summed E-state index contributed by atoms with van der Waals surface area (Å²) < 4.78 is 1.73. The lowest BCUT2D eigenvalue weighted by Gasteiger charge is -2.40. The second kappa shape index (κ2) is 9.07. The van der Waals surface area contributed by atoms with E-state index in [2.05, 4.69) is 94.1 Å². The minimum absolute atomic E-state index is 0.0127. The number of rotatable bonds is 4. The molecule has 0 amide bonds. The number of nitriles is 1. The van der Waals surface area contributed by atoms with Gasteiger partial charge in [-0.1, -0.05) is 52.3 Å². The van der Waals surface area contributed by atoms with Crippen molar-refractivity contribution < 1.29 is 0 Å². The summed E-state index contributed by atoms with van der Waals surface area (Å²) in [6.45, 7) is 0. The maximum Gasteiger partial charge on any atom is 0.0747 e. The van der Waals surface area contributed by atoms with Gasteiger partial charge in [-0.05, 0) is 77.8 Å². The SMILES string of the molecule is N#CC1c2ccc(Br)cc2CCC1C(Cc1ccccc1)C1SCCCS1. The number of hydrogen-bond donors (Lipinski definition) is 0. The minimum atomic E-state index is 0.0127. The van der Waals surface area contributed by atoms with Crippen molar-refractivity contribution in [1.29, 1.82) is 5.26 Å². The number of thioether (sulfide) groups is 2. The van der Waals surface area contributed by atoms with Crippen LogP contribution in [0.3, 0.4) is 0 Å². The van der Waals surface area contributed by atoms with Crippen molar-refractivity contribution in [3.8, 4) is 6.07 Å². The molecule has 1 nitrogen and oxygen atoms in total. The van der Waals surface area contributed by atoms with Crippen LogP contribution < -0.4 is 0 Å². The molecular weight excluding hydrogens is 434 g/mol. The van der Waals surface area contributed by atoms with Gasteiger partial charge in [-0.15, -0.1) is 23.5 Å². The van der Waals surface area contributed by atoms with Crippen LogP contribution in [0.4, 0.5) is 0 Å². The molecule has 1 saturated heterocycles. The van der Waals surface area contributed by atoms with E-state index in [4.69, 9.17) is 0 Å². The van der Waals surface area contributed by atoms with Crippen molar-refractivity contribution in [3.05, 3.63) is 69.7 Å². The molecule has 1 fully saturated rings. The minimum Gasteiger partial charge on any atom is -0.198 e. The van der Waals surface area contributed by atoms with Gasteiger partial charge in [-0.3, -0.25) is 0 Å². The number of hydrogen-bond acceptors (Lipinski definition) is 3. The molecule has 3 atom stereocenters. The van der Waals surface area contributed by atoms with Crippen LogP contribution in [0.5, 0.6) is 0 Å². The van der Waals surface area contributed by atoms with Crippen molar-refractivity contribution in [2.75, 3.05) is 11.5 Å². The molecule has 0 radical (unpaired) electrons. The molecule has 0 bridgehead atoms. The fourth-order valence-corrected chi connectivity index (χ4v) is 8.26. The van der Waals surface area contributed by atoms with Gasteiger partial charge in [0, 0.05) is 4.47 Å². The normalized spacial score (nSPS) is 24.0. The molecule has 27 heavy (non-hydrogen) atoms. The molecule has 2 aliphatic rings. The number of halogens is 1. The molecule has 4 heteroatoms. The molecule has 0 N–H and O–H groups in total. The van der Waals surface area contributed by atoms with Crippen molar-refractivity contribution in [1.82, 2.24) is 0 Å². The highest BCUT2D eigenvalue weighted by Gasteiger charge is 2.39. The van der Waals surface area contributed by atoms with Gasteiger partial charge in [-0.25, -0.2) is 0 Å². The highest BCUT2D eigenvalue weighted by atomic mass is 79.9. The number of aryl methyl sites for hydroxylation is 1. The average molecular weight is 458 g/mol. The van der Waals surface area contributed by atoms with Crippen LogP contribution in [-0.4, -0.2) is 16.1 Å². The monoisotopic (exact) mass is 457 g/mol. The summed E-state index contributed by atoms with van der Waals surface area (Å²) in [6.07, 6.45) is 4.61. The lowest BCUT2D eigenvalue weighted by Crippen LogP contribution is -2.34. The van der Waals surface area contributed by atoms with Gasteiger partial charge in [-0.2, -0.15) is 5.26 Å². The Hall–Kier alpha value is -0.890. The largest absolute Gasteiger partial charge is 0.198 e. The van der Waals surface area contributed by atoms with Crippen LogP contribution in [0.2, 0.25) is 0 Å². The van der Waals surface area contributed by atoms with E-state index < -0.39 is 0 Å². The van der Waals surface area contributed by atoms with E-state index in [-0.39, 0.29) is 5.92 Å². The topological polar surface area (TPSA) is 23.8 Å². The molecule has 2 aromatic carbocycles. The Balaban J connectivity index is 1.66. The molecule has 0 spiro atoms. The van der Waals surface area contributed by atoms with Crippen molar-refractivity contribution in [2.45, 2.75) is 36.2 Å². The van der Waals surface area contributed by atoms with E-state index in [1.54, 1.807) is 0 Å². The van der Waals surface area contributed by atoms with Crippen LogP contribution in [0.15, 0.2) is 53.0 Å². The van der Waals surface area contributed by atoms with E-state index in [0.717, 1.165) is 23.7 Å². The third kappa shape index (κ3) is 4.42. The fourth-order valence-electron chi connectivity index (χ4n) is 4.53. The third-order valence-corrected chi connectivity index (χ3v) is 9.54. The van der Waals surface area contributed by atoms with Crippen molar-refractivity contribution in [3.63, 3.8) is 0 Å². The van der Waals surface area contributed by atoms with E-state index in [9.17, 15) is 5.26 Å². The smallest absolute Gasteiger partial charge is 0.0747 e. The van der Waals surface area contributed by atoms with Gasteiger partial charge in [0.25, 0.3) is 0 Å². The first-order chi connectivity index (χ1) is 13.3. The Labute approximate surface area is 179 Å². The lowest BCUT2D eigenvalue weighted by atomic mass is 9.69. The van der Waals surface area contributed by atoms with Gasteiger partial charge in [0.05, 0.1) is 16.6 Å². The van der Waals surface area contributed by atoms with Gasteiger partial charge in [0.1, 0.15) is 0 Å². The molecule has 140 valence electrons. The summed E-state index contributed by atoms with van der Waals surface area (Å²) in [5, 5.41) is 10.1. The van der Waals surface area contributed by atoms with Gasteiger partial charge in [0.15, 0.2) is 0 Å². The van der Waals surface area contributed by atoms with Crippen molar-refractivity contribution in [2.24, 2.45) is 11.8 Å². The molecule has 2 aromatic rings. The van der Waals surface area contributed by atoms with Gasteiger partial charge >= 0.3 is 0 Å². The maximum atomic E-state index is 10.1. The van der Waals surface area contributed by atoms with E-state index in [0.29, 0.717) is 16.4 Å². The van der Waals surface area contributed by atoms with Crippen LogP contribution in [0.25, 0.3) is 0 Å². The number of benzene rings is 2. The first kappa shape index (κ1) is 19.4. The molecule has 4 rings (SSSR count). The van der Waals surface area contributed by atoms with E-state index >= 15 is 0 Å². The van der Waals surface area contributed by atoms with E-state index in [1.807, 2.05) is 0 Å². The summed E-state index contributed by atoms with van der Waals surface area (Å²) in [5.74, 6) is 3.52. The van der Waals surface area contributed by atoms with Crippen molar-refractivity contribution >= 4 is 39.5 Å². The second-order valence-electron chi connectivity index (χ2n) is 7.47. The molecular formula is C23H24BrNS2. The second-order valence-corrected chi connectivity index (χ2v) is 11.2. The predicted octanol–water partition coefficient (Wildman–Crippen LogP) is 6.67. The summed E-state index contributed by atoms with van der Waals surface area (Å²) in [7, 11) is 0. The summed E-state index contributed by atoms with van der Waals surface area (Å²) in [6, 6.07) is 20.1. The highest BCUT2D eigenvalue weighted by molar-refractivity contribution is 9.10. The zero-order valence-electron chi connectivity index (χ0n) is 15.3. The Bertz CT molecular complexity index is 811. The highest BCUT2D eigenvalue weighted by Crippen LogP contribution is 2.48. The first-order valence-corrected chi connectivity index (χ1v) is 12.6. The molecule has 1 heterocycles. The molecule has 1 aliphatic carbocycles. The first-order valence-electron chi connectivity index (χ1n) is 9.71. The Morgan fingerprint density at radius 1 is 1.11 bits per heavy atom. The van der Waals surface area contributed by atoms with Gasteiger partial charge < -0.3 is 0 Å². The average Bonchev–Trinajstić information content (AvgIpc) is 2.72. The Morgan fingerprint density at radius 2 is 1.89 bits per heavy atom. The summed E-state index contributed by atoms with van der Waals surface area (Å²) >= 11 is 7.85. The van der Waals surface area contributed by atoms with Gasteiger partial charge in [0.2, 0.25) is 0 Å². The zero-order valence-corrected chi connectivity index (χ0v) is 18.5. The molecule has 1 aliphatic heterocycles. The molecule has 0 aromatic heterocycles. The number of fused-ring (bicyclic) bond motifs is 1. The Morgan fingerprint density at radius 3 is 2.63 bits per heavy atom. The Kier molecular flexibility index (Phi) is 6.53. The summed E-state index contributed by atoms with van der Waals surface area (Å²) in [5.41, 5.74) is 4.03. The molecule has 0 saturated carbocycles. The predicted molar refractivity (Wildman–Crippen MR) is 121 cm³/mol. The van der Waals surface area contributed by atoms with Crippen LogP contribution in [-0.2, 0) is 12.8 Å². The maximum absolute atomic E-state index is 10.1. The molecule has 3 unspecified atom stereocenters. The van der Waals surface area contributed by atoms with E-state index in [1.165, 1.54) is 34.6 Å². The zero-order chi connectivity index (χ0) is 18.6. The van der Waals surface area contributed by atoms with Crippen LogP contribution in [0.1, 0.15) is 35.4 Å². The lowest BCUT2D eigenvalue weighted by molar-refractivity contribution is 0.292.